The quantitative estimate of drug-likeness (QED) is 0.523. The Labute approximate surface area is 200 Å². The molecule has 0 aromatic carbocycles. The van der Waals surface area contributed by atoms with Crippen molar-refractivity contribution in [3.8, 4) is 5.75 Å². The Kier molecular flexibility index (Phi) is 8.37. The maximum atomic E-state index is 13.0. The second-order valence-corrected chi connectivity index (χ2v) is 7.82. The van der Waals surface area contributed by atoms with Crippen LogP contribution in [0.25, 0.3) is 0 Å². The average molecular weight is 524 g/mol. The van der Waals surface area contributed by atoms with E-state index >= 15 is 0 Å². The van der Waals surface area contributed by atoms with Gasteiger partial charge in [-0.05, 0) is 6.92 Å². The van der Waals surface area contributed by atoms with Crippen molar-refractivity contribution >= 4 is 11.9 Å². The zero-order valence-corrected chi connectivity index (χ0v) is 18.9. The van der Waals surface area contributed by atoms with E-state index in [1.165, 1.54) is 6.92 Å². The second kappa shape index (κ2) is 11.1. The normalized spacial score (nSPS) is 15.6. The molecule has 1 fully saturated rings. The largest absolute Gasteiger partial charge is 0.488 e. The lowest BCUT2D eigenvalue weighted by molar-refractivity contribution is -0.141. The second-order valence-electron chi connectivity index (χ2n) is 7.82. The first-order chi connectivity index (χ1) is 16.9. The summed E-state index contributed by atoms with van der Waals surface area (Å²) in [5, 5.41) is 5.00. The zero-order chi connectivity index (χ0) is 26.5. The van der Waals surface area contributed by atoms with Crippen LogP contribution in [0.4, 0.5) is 32.3 Å². The highest BCUT2D eigenvalue weighted by Crippen LogP contribution is 2.32. The molecule has 0 bridgehead atoms. The fourth-order valence-electron chi connectivity index (χ4n) is 3.31. The number of alkyl halides is 6. The number of hydrogen-bond donors (Lipinski definition) is 1. The molecule has 2 aromatic heterocycles. The molecular formula is C20H22F6N6O4. The number of nitrogens with zero attached hydrogens (tertiary/aromatic N) is 5. The molecular weight excluding hydrogens is 502 g/mol. The third-order valence-corrected chi connectivity index (χ3v) is 5.18. The van der Waals surface area contributed by atoms with Crippen molar-refractivity contribution in [2.75, 3.05) is 44.3 Å². The van der Waals surface area contributed by atoms with Crippen LogP contribution in [0.5, 0.6) is 5.75 Å². The van der Waals surface area contributed by atoms with E-state index in [-0.39, 0.29) is 31.5 Å². The molecule has 0 saturated carbocycles. The Morgan fingerprint density at radius 1 is 1.06 bits per heavy atom. The fourth-order valence-corrected chi connectivity index (χ4v) is 3.31. The maximum Gasteiger partial charge on any atom is 0.425 e. The van der Waals surface area contributed by atoms with Crippen LogP contribution in [0.3, 0.4) is 0 Å². The minimum atomic E-state index is -4.93. The molecule has 3 rings (SSSR count). The van der Waals surface area contributed by atoms with Crippen LogP contribution >= 0.6 is 0 Å². The number of hydrogen-bond acceptors (Lipinski definition) is 8. The molecule has 0 aliphatic carbocycles. The summed E-state index contributed by atoms with van der Waals surface area (Å²) in [5.74, 6) is -0.821. The molecule has 1 amide bonds. The van der Waals surface area contributed by atoms with E-state index in [9.17, 15) is 35.9 Å². The molecule has 2 aromatic rings. The van der Waals surface area contributed by atoms with Gasteiger partial charge in [0.1, 0.15) is 6.61 Å². The minimum Gasteiger partial charge on any atom is -0.488 e. The smallest absolute Gasteiger partial charge is 0.425 e. The number of halogens is 6. The Morgan fingerprint density at radius 3 is 2.28 bits per heavy atom. The van der Waals surface area contributed by atoms with Crippen LogP contribution in [-0.4, -0.2) is 76.5 Å². The first kappa shape index (κ1) is 27.2. The molecule has 198 valence electrons. The summed E-state index contributed by atoms with van der Waals surface area (Å²) in [5.41, 5.74) is -3.88. The Morgan fingerprint density at radius 2 is 1.69 bits per heavy atom. The average Bonchev–Trinajstić information content (AvgIpc) is 2.81. The van der Waals surface area contributed by atoms with Gasteiger partial charge in [0.05, 0.1) is 30.9 Å². The summed E-state index contributed by atoms with van der Waals surface area (Å²) >= 11 is 0. The summed E-state index contributed by atoms with van der Waals surface area (Å²) in [4.78, 5) is 34.6. The number of H-pyrrole nitrogens is 1. The topological polar surface area (TPSA) is 114 Å². The summed E-state index contributed by atoms with van der Waals surface area (Å²) in [6.07, 6.45) is -7.98. The van der Waals surface area contributed by atoms with Crippen molar-refractivity contribution in [2.24, 2.45) is 0 Å². The number of amides is 1. The lowest BCUT2D eigenvalue weighted by Gasteiger charge is -2.34. The first-order valence-electron chi connectivity index (χ1n) is 10.7. The third-order valence-electron chi connectivity index (χ3n) is 5.18. The number of rotatable bonds is 8. The Bertz CT molecular complexity index is 1080. The van der Waals surface area contributed by atoms with E-state index in [2.05, 4.69) is 15.1 Å². The minimum absolute atomic E-state index is 0.00147. The lowest BCUT2D eigenvalue weighted by Crippen LogP contribution is -2.49. The van der Waals surface area contributed by atoms with Gasteiger partial charge < -0.3 is 19.3 Å². The number of aromatic nitrogens is 4. The van der Waals surface area contributed by atoms with Crippen molar-refractivity contribution in [2.45, 2.75) is 31.8 Å². The summed E-state index contributed by atoms with van der Waals surface area (Å²) in [6.45, 7) is 2.46. The third kappa shape index (κ3) is 7.05. The van der Waals surface area contributed by atoms with E-state index in [1.807, 2.05) is 0 Å². The Balaban J connectivity index is 1.40. The molecule has 0 spiro atoms. The van der Waals surface area contributed by atoms with Gasteiger partial charge in [-0.15, -0.1) is 0 Å². The number of anilines is 1. The van der Waals surface area contributed by atoms with Gasteiger partial charge in [-0.25, -0.2) is 15.1 Å². The highest BCUT2D eigenvalue weighted by molar-refractivity contribution is 5.76. The van der Waals surface area contributed by atoms with E-state index in [0.717, 1.165) is 6.20 Å². The highest BCUT2D eigenvalue weighted by Gasteiger charge is 2.38. The number of nitrogens with one attached hydrogen (secondary N) is 1. The first-order valence-corrected chi connectivity index (χ1v) is 10.7. The molecule has 1 aliphatic heterocycles. The maximum absolute atomic E-state index is 13.0. The summed E-state index contributed by atoms with van der Waals surface area (Å²) in [7, 11) is 0. The van der Waals surface area contributed by atoms with Crippen molar-refractivity contribution in [1.82, 2.24) is 25.1 Å². The van der Waals surface area contributed by atoms with Gasteiger partial charge in [0.2, 0.25) is 11.9 Å². The van der Waals surface area contributed by atoms with Crippen LogP contribution in [0.2, 0.25) is 0 Å². The van der Waals surface area contributed by atoms with Crippen LogP contribution in [0.1, 0.15) is 24.5 Å². The van der Waals surface area contributed by atoms with E-state index in [4.69, 9.17) is 9.47 Å². The number of piperazine rings is 1. The van der Waals surface area contributed by atoms with Gasteiger partial charge in [0.25, 0.3) is 5.56 Å². The molecule has 36 heavy (non-hydrogen) atoms. The van der Waals surface area contributed by atoms with Crippen molar-refractivity contribution in [3.63, 3.8) is 0 Å². The predicted octanol–water partition coefficient (Wildman–Crippen LogP) is 2.12. The van der Waals surface area contributed by atoms with Crippen molar-refractivity contribution in [1.29, 1.82) is 0 Å². The van der Waals surface area contributed by atoms with Gasteiger partial charge in [0, 0.05) is 38.6 Å². The fraction of sp³-hybridized carbons (Fsp3) is 0.550. The predicted molar refractivity (Wildman–Crippen MR) is 111 cm³/mol. The molecule has 1 unspecified atom stereocenters. The van der Waals surface area contributed by atoms with Gasteiger partial charge in [-0.3, -0.25) is 9.59 Å². The van der Waals surface area contributed by atoms with Crippen LogP contribution in [0.15, 0.2) is 23.4 Å². The van der Waals surface area contributed by atoms with Gasteiger partial charge in [-0.2, -0.15) is 31.4 Å². The Hall–Kier alpha value is -3.43. The molecule has 10 nitrogen and oxygen atoms in total. The van der Waals surface area contributed by atoms with Crippen LogP contribution < -0.4 is 15.2 Å². The molecule has 1 atom stereocenters. The number of carbonyl (C=O) groups is 1. The molecule has 0 radical (unpaired) electrons. The summed E-state index contributed by atoms with van der Waals surface area (Å²) < 4.78 is 87.5. The lowest BCUT2D eigenvalue weighted by atomic mass is 10.2. The SMILES string of the molecule is CC(COc1cn[nH]c(=O)c1C(F)(F)F)OCCC(=O)N1CCN(c2ncc(C(F)(F)F)cn2)CC1. The monoisotopic (exact) mass is 524 g/mol. The van der Waals surface area contributed by atoms with Crippen molar-refractivity contribution in [3.05, 3.63) is 40.1 Å². The van der Waals surface area contributed by atoms with E-state index in [0.29, 0.717) is 38.6 Å². The number of ether oxygens (including phenoxy) is 2. The van der Waals surface area contributed by atoms with Crippen LogP contribution in [0, 0.1) is 0 Å². The molecule has 16 heteroatoms. The molecule has 1 saturated heterocycles. The summed E-state index contributed by atoms with van der Waals surface area (Å²) in [6, 6.07) is 0. The highest BCUT2D eigenvalue weighted by atomic mass is 19.4. The van der Waals surface area contributed by atoms with E-state index in [1.54, 1.807) is 14.9 Å². The number of carbonyl (C=O) groups excluding carboxylic acids is 1. The van der Waals surface area contributed by atoms with Gasteiger partial charge >= 0.3 is 12.4 Å². The van der Waals surface area contributed by atoms with Gasteiger partial charge in [-0.1, -0.05) is 0 Å². The van der Waals surface area contributed by atoms with E-state index < -0.39 is 40.9 Å². The van der Waals surface area contributed by atoms with Gasteiger partial charge in [0.15, 0.2) is 11.3 Å². The molecule has 1 aliphatic rings. The standard InChI is InChI=1S/C20H22F6N6O4/c1-12(11-36-14-10-29-30-17(34)16(14)20(24,25)26)35-7-2-15(33)31-3-5-32(6-4-31)18-27-8-13(9-28-18)19(21,22)23/h8-10,12H,2-7,11H2,1H3,(H,30,34). The van der Waals surface area contributed by atoms with Crippen LogP contribution in [-0.2, 0) is 21.9 Å². The molecule has 1 N–H and O–H groups in total. The molecule has 3 heterocycles. The zero-order valence-electron chi connectivity index (χ0n) is 18.9. The van der Waals surface area contributed by atoms with Crippen molar-refractivity contribution < 1.29 is 40.6 Å². The number of aromatic amines is 1.